The van der Waals surface area contributed by atoms with Gasteiger partial charge in [-0.05, 0) is 52.9 Å². The van der Waals surface area contributed by atoms with Crippen LogP contribution in [0.5, 0.6) is 5.75 Å². The highest BCUT2D eigenvalue weighted by Crippen LogP contribution is 2.30. The molecule has 1 fully saturated rings. The maximum absolute atomic E-state index is 13.0. The monoisotopic (exact) mass is 465 g/mol. The summed E-state index contributed by atoms with van der Waals surface area (Å²) in [6, 6.07) is 22.2. The number of carbonyl (C=O) groups excluding carboxylic acids is 1. The van der Waals surface area contributed by atoms with Gasteiger partial charge < -0.3 is 10.1 Å². The van der Waals surface area contributed by atoms with Gasteiger partial charge in [0.05, 0.1) is 31.1 Å². The lowest BCUT2D eigenvalue weighted by Crippen LogP contribution is -2.19. The van der Waals surface area contributed by atoms with Gasteiger partial charge in [-0.1, -0.05) is 74.6 Å². The number of carbonyl (C=O) groups is 1. The van der Waals surface area contributed by atoms with Crippen molar-refractivity contribution in [2.45, 2.75) is 44.9 Å². The smallest absolute Gasteiger partial charge is 0.229 e. The zero-order valence-corrected chi connectivity index (χ0v) is 20.2. The number of hydrogen-bond acceptors (Lipinski definition) is 4. The normalized spacial score (nSPS) is 14.1. The van der Waals surface area contributed by atoms with Gasteiger partial charge in [0.1, 0.15) is 5.75 Å². The largest absolute Gasteiger partial charge is 0.497 e. The molecule has 178 valence electrons. The molecule has 5 heteroatoms. The topological polar surface area (TPSA) is 64.1 Å². The molecule has 1 aliphatic carbocycles. The Kier molecular flexibility index (Phi) is 7.03. The first-order valence-electron chi connectivity index (χ1n) is 12.5. The molecule has 3 aromatic carbocycles. The highest BCUT2D eigenvalue weighted by molar-refractivity contribution is 5.93. The van der Waals surface area contributed by atoms with E-state index in [-0.39, 0.29) is 5.91 Å². The predicted molar refractivity (Wildman–Crippen MR) is 141 cm³/mol. The second-order valence-electron chi connectivity index (χ2n) is 9.39. The van der Waals surface area contributed by atoms with E-state index in [1.54, 1.807) is 13.3 Å². The molecule has 1 heterocycles. The molecule has 1 N–H and O–H groups in total. The van der Waals surface area contributed by atoms with E-state index in [4.69, 9.17) is 9.72 Å². The van der Waals surface area contributed by atoms with Crippen LogP contribution in [0.2, 0.25) is 0 Å². The van der Waals surface area contributed by atoms with Gasteiger partial charge in [-0.25, -0.2) is 9.97 Å². The Morgan fingerprint density at radius 2 is 1.74 bits per heavy atom. The molecule has 0 spiro atoms. The second-order valence-corrected chi connectivity index (χ2v) is 9.39. The van der Waals surface area contributed by atoms with Crippen LogP contribution in [0.15, 0.2) is 72.9 Å². The van der Waals surface area contributed by atoms with Crippen molar-refractivity contribution in [3.05, 3.63) is 84.2 Å². The van der Waals surface area contributed by atoms with Crippen LogP contribution < -0.4 is 10.1 Å². The van der Waals surface area contributed by atoms with Crippen LogP contribution in [0.4, 0.5) is 5.82 Å². The lowest BCUT2D eigenvalue weighted by atomic mass is 9.86. The van der Waals surface area contributed by atoms with Gasteiger partial charge in [-0.15, -0.1) is 0 Å². The number of amides is 1. The molecular weight excluding hydrogens is 434 g/mol. The summed E-state index contributed by atoms with van der Waals surface area (Å²) in [5.74, 6) is 1.90. The Morgan fingerprint density at radius 3 is 2.51 bits per heavy atom. The van der Waals surface area contributed by atoms with E-state index in [2.05, 4.69) is 34.6 Å². The van der Waals surface area contributed by atoms with Crippen molar-refractivity contribution in [1.29, 1.82) is 0 Å². The first-order chi connectivity index (χ1) is 17.2. The SMILES string of the molecule is COc1ccc(-c2cnc(NC(=O)Cc3ccc4ccccc4c3)c(CC3CCCCC3)n2)cc1. The maximum Gasteiger partial charge on any atom is 0.229 e. The third kappa shape index (κ3) is 5.68. The number of fused-ring (bicyclic) bond motifs is 1. The fourth-order valence-corrected chi connectivity index (χ4v) is 4.95. The Labute approximate surface area is 206 Å². The van der Waals surface area contributed by atoms with E-state index in [1.807, 2.05) is 42.5 Å². The molecule has 1 aliphatic rings. The van der Waals surface area contributed by atoms with Crippen LogP contribution in [0.1, 0.15) is 43.4 Å². The molecule has 0 saturated heterocycles. The summed E-state index contributed by atoms with van der Waals surface area (Å²) in [6.45, 7) is 0. The average Bonchev–Trinajstić information content (AvgIpc) is 2.90. The summed E-state index contributed by atoms with van der Waals surface area (Å²) in [5, 5.41) is 5.37. The van der Waals surface area contributed by atoms with Crippen LogP contribution >= 0.6 is 0 Å². The Hall–Kier alpha value is -3.73. The molecule has 1 amide bonds. The molecule has 4 aromatic rings. The molecule has 5 nitrogen and oxygen atoms in total. The quantitative estimate of drug-likeness (QED) is 0.334. The number of rotatable bonds is 7. The van der Waals surface area contributed by atoms with Gasteiger partial charge in [0, 0.05) is 5.56 Å². The Morgan fingerprint density at radius 1 is 0.971 bits per heavy atom. The average molecular weight is 466 g/mol. The second kappa shape index (κ2) is 10.7. The van der Waals surface area contributed by atoms with Crippen LogP contribution in [0.25, 0.3) is 22.0 Å². The number of nitrogens with zero attached hydrogens (tertiary/aromatic N) is 2. The van der Waals surface area contributed by atoms with Gasteiger partial charge in [-0.2, -0.15) is 0 Å². The number of anilines is 1. The molecular formula is C30H31N3O2. The summed E-state index contributed by atoms with van der Waals surface area (Å²) in [7, 11) is 1.66. The zero-order chi connectivity index (χ0) is 24.0. The van der Waals surface area contributed by atoms with Crippen LogP contribution in [0, 0.1) is 5.92 Å². The van der Waals surface area contributed by atoms with Crippen molar-refractivity contribution < 1.29 is 9.53 Å². The van der Waals surface area contributed by atoms with E-state index in [0.29, 0.717) is 18.2 Å². The summed E-state index contributed by atoms with van der Waals surface area (Å²) < 4.78 is 5.28. The summed E-state index contributed by atoms with van der Waals surface area (Å²) in [6.07, 6.45) is 9.14. The number of benzene rings is 3. The number of methoxy groups -OCH3 is 1. The fraction of sp³-hybridized carbons (Fsp3) is 0.300. The van der Waals surface area contributed by atoms with E-state index in [9.17, 15) is 4.79 Å². The maximum atomic E-state index is 13.0. The molecule has 0 atom stereocenters. The molecule has 5 rings (SSSR count). The highest BCUT2D eigenvalue weighted by atomic mass is 16.5. The first-order valence-corrected chi connectivity index (χ1v) is 12.5. The highest BCUT2D eigenvalue weighted by Gasteiger charge is 2.19. The molecule has 35 heavy (non-hydrogen) atoms. The predicted octanol–water partition coefficient (Wildman–Crippen LogP) is 6.61. The van der Waals surface area contributed by atoms with Crippen molar-refractivity contribution in [2.75, 3.05) is 12.4 Å². The van der Waals surface area contributed by atoms with Crippen LogP contribution in [-0.2, 0) is 17.6 Å². The third-order valence-electron chi connectivity index (χ3n) is 6.87. The minimum atomic E-state index is -0.0725. The summed E-state index contributed by atoms with van der Waals surface area (Å²) in [4.78, 5) is 22.6. The van der Waals surface area contributed by atoms with E-state index in [0.717, 1.165) is 40.1 Å². The van der Waals surface area contributed by atoms with Crippen molar-refractivity contribution in [3.8, 4) is 17.0 Å². The Balaban J connectivity index is 1.37. The minimum Gasteiger partial charge on any atom is -0.497 e. The van der Waals surface area contributed by atoms with Gasteiger partial charge in [0.2, 0.25) is 5.91 Å². The molecule has 0 bridgehead atoms. The number of hydrogen-bond donors (Lipinski definition) is 1. The van der Waals surface area contributed by atoms with Gasteiger partial charge in [-0.3, -0.25) is 4.79 Å². The lowest BCUT2D eigenvalue weighted by molar-refractivity contribution is -0.115. The van der Waals surface area contributed by atoms with E-state index >= 15 is 0 Å². The molecule has 1 aromatic heterocycles. The number of ether oxygens (including phenoxy) is 1. The molecule has 1 saturated carbocycles. The van der Waals surface area contributed by atoms with Crippen molar-refractivity contribution >= 4 is 22.5 Å². The van der Waals surface area contributed by atoms with Crippen LogP contribution in [0.3, 0.4) is 0 Å². The summed E-state index contributed by atoms with van der Waals surface area (Å²) >= 11 is 0. The van der Waals surface area contributed by atoms with Gasteiger partial charge in [0.15, 0.2) is 5.82 Å². The van der Waals surface area contributed by atoms with Crippen molar-refractivity contribution in [3.63, 3.8) is 0 Å². The van der Waals surface area contributed by atoms with Gasteiger partial charge in [0.25, 0.3) is 0 Å². The van der Waals surface area contributed by atoms with E-state index in [1.165, 1.54) is 37.5 Å². The zero-order valence-electron chi connectivity index (χ0n) is 20.2. The van der Waals surface area contributed by atoms with Gasteiger partial charge >= 0.3 is 0 Å². The molecule has 0 aliphatic heterocycles. The number of nitrogens with one attached hydrogen (secondary N) is 1. The van der Waals surface area contributed by atoms with E-state index < -0.39 is 0 Å². The number of aromatic nitrogens is 2. The van der Waals surface area contributed by atoms with Crippen LogP contribution in [-0.4, -0.2) is 23.0 Å². The van der Waals surface area contributed by atoms with Crippen molar-refractivity contribution in [2.24, 2.45) is 5.92 Å². The molecule has 0 radical (unpaired) electrons. The third-order valence-corrected chi connectivity index (χ3v) is 6.87. The lowest BCUT2D eigenvalue weighted by Gasteiger charge is -2.22. The fourth-order valence-electron chi connectivity index (χ4n) is 4.95. The van der Waals surface area contributed by atoms with Crippen molar-refractivity contribution in [1.82, 2.24) is 9.97 Å². The molecule has 0 unspecified atom stereocenters. The standard InChI is InChI=1S/C30H31N3O2/c1-35-26-15-13-24(14-16-26)28-20-31-30(27(32-28)18-21-7-3-2-4-8-21)33-29(34)19-22-11-12-23-9-5-6-10-25(23)17-22/h5-6,9-17,20-21H,2-4,7-8,18-19H2,1H3,(H,31,33,34). The minimum absolute atomic E-state index is 0.0725. The Bertz CT molecular complexity index is 1310. The first kappa shape index (κ1) is 23.0. The summed E-state index contributed by atoms with van der Waals surface area (Å²) in [5.41, 5.74) is 3.65.